The quantitative estimate of drug-likeness (QED) is 0.106. The fourth-order valence-corrected chi connectivity index (χ4v) is 6.20. The molecule has 1 fully saturated rings. The normalized spacial score (nSPS) is 20.3. The van der Waals surface area contributed by atoms with Crippen molar-refractivity contribution in [1.29, 1.82) is 0 Å². The molecule has 2 amide bonds. The van der Waals surface area contributed by atoms with Crippen LogP contribution in [-0.4, -0.2) is 34.7 Å². The number of benzene rings is 3. The number of pyridine rings is 1. The van der Waals surface area contributed by atoms with Crippen molar-refractivity contribution in [2.75, 3.05) is 4.90 Å². The molecule has 3 aromatic carbocycles. The van der Waals surface area contributed by atoms with Gasteiger partial charge in [-0.05, 0) is 49.4 Å². The van der Waals surface area contributed by atoms with Gasteiger partial charge in [0.15, 0.2) is 6.10 Å². The van der Waals surface area contributed by atoms with Crippen molar-refractivity contribution in [2.45, 2.75) is 39.7 Å². The molecule has 0 bridgehead atoms. The van der Waals surface area contributed by atoms with E-state index in [-0.39, 0.29) is 35.4 Å². The predicted octanol–water partition coefficient (Wildman–Crippen LogP) is 6.73. The summed E-state index contributed by atoms with van der Waals surface area (Å²) in [5.41, 5.74) is 4.09. The number of hydrogen-bond donors (Lipinski definition) is 0. The van der Waals surface area contributed by atoms with Gasteiger partial charge in [0.2, 0.25) is 17.6 Å². The van der Waals surface area contributed by atoms with E-state index in [1.54, 1.807) is 54.6 Å². The molecule has 0 N–H and O–H groups in total. The second kappa shape index (κ2) is 11.4. The molecule has 1 aromatic heterocycles. The number of carbonyl (C=O) groups is 4. The Morgan fingerprint density at radius 3 is 2.42 bits per heavy atom. The fourth-order valence-electron chi connectivity index (χ4n) is 6.20. The third-order valence-electron chi connectivity index (χ3n) is 8.53. The lowest BCUT2D eigenvalue weighted by Crippen LogP contribution is -2.31. The second-order valence-corrected chi connectivity index (χ2v) is 11.3. The summed E-state index contributed by atoms with van der Waals surface area (Å²) in [6.07, 6.45) is 3.97. The van der Waals surface area contributed by atoms with Crippen LogP contribution >= 0.6 is 0 Å². The van der Waals surface area contributed by atoms with Gasteiger partial charge in [0.1, 0.15) is 0 Å². The summed E-state index contributed by atoms with van der Waals surface area (Å²) in [4.78, 5) is 59.3. The number of carbonyl (C=O) groups excluding carboxylic acids is 4. The molecule has 216 valence electrons. The molecule has 1 aliphatic heterocycles. The number of fused-ring (bicyclic) bond motifs is 2. The largest absolute Gasteiger partial charge is 0.450 e. The van der Waals surface area contributed by atoms with Crippen LogP contribution in [0.5, 0.6) is 0 Å². The molecular formula is C36H32N2O5. The lowest BCUT2D eigenvalue weighted by molar-refractivity contribution is -0.122. The van der Waals surface area contributed by atoms with Crippen molar-refractivity contribution >= 4 is 40.2 Å². The van der Waals surface area contributed by atoms with Gasteiger partial charge in [0, 0.05) is 16.5 Å². The van der Waals surface area contributed by atoms with Gasteiger partial charge in [-0.2, -0.15) is 0 Å². The van der Waals surface area contributed by atoms with Gasteiger partial charge in [-0.3, -0.25) is 19.3 Å². The molecule has 2 heterocycles. The van der Waals surface area contributed by atoms with Crippen molar-refractivity contribution in [1.82, 2.24) is 4.98 Å². The van der Waals surface area contributed by atoms with Crippen molar-refractivity contribution in [3.8, 4) is 11.3 Å². The lowest BCUT2D eigenvalue weighted by atomic mass is 9.78. The Morgan fingerprint density at radius 2 is 1.72 bits per heavy atom. The number of para-hydroxylation sites is 1. The van der Waals surface area contributed by atoms with Crippen LogP contribution in [0, 0.1) is 24.7 Å². The van der Waals surface area contributed by atoms with E-state index < -0.39 is 12.1 Å². The van der Waals surface area contributed by atoms with E-state index in [2.05, 4.69) is 0 Å². The van der Waals surface area contributed by atoms with E-state index in [1.807, 2.05) is 57.2 Å². The van der Waals surface area contributed by atoms with Crippen LogP contribution in [0.4, 0.5) is 5.69 Å². The van der Waals surface area contributed by atoms with Gasteiger partial charge in [-0.1, -0.05) is 86.7 Å². The first kappa shape index (κ1) is 28.2. The Kier molecular flexibility index (Phi) is 7.48. The van der Waals surface area contributed by atoms with Crippen LogP contribution in [-0.2, 0) is 14.3 Å². The maximum atomic E-state index is 13.6. The van der Waals surface area contributed by atoms with Gasteiger partial charge in [0.05, 0.1) is 34.3 Å². The minimum Gasteiger partial charge on any atom is -0.450 e. The summed E-state index contributed by atoms with van der Waals surface area (Å²) in [6, 6.07) is 23.2. The van der Waals surface area contributed by atoms with E-state index in [9.17, 15) is 19.2 Å². The Labute approximate surface area is 250 Å². The third-order valence-corrected chi connectivity index (χ3v) is 8.53. The molecule has 4 unspecified atom stereocenters. The van der Waals surface area contributed by atoms with Crippen molar-refractivity contribution < 1.29 is 23.9 Å². The summed E-state index contributed by atoms with van der Waals surface area (Å²) in [5, 5.41) is 0.631. The number of allylic oxidation sites excluding steroid dienone is 2. The van der Waals surface area contributed by atoms with Crippen molar-refractivity contribution in [3.63, 3.8) is 0 Å². The summed E-state index contributed by atoms with van der Waals surface area (Å²) in [5.74, 6) is -1.84. The highest BCUT2D eigenvalue weighted by Gasteiger charge is 2.50. The van der Waals surface area contributed by atoms with Gasteiger partial charge < -0.3 is 4.74 Å². The molecule has 6 rings (SSSR count). The first-order valence-corrected chi connectivity index (χ1v) is 14.6. The predicted molar refractivity (Wildman–Crippen MR) is 165 cm³/mol. The number of nitrogens with zero attached hydrogens (tertiary/aromatic N) is 2. The molecule has 1 aliphatic carbocycles. The molecular weight excluding hydrogens is 540 g/mol. The van der Waals surface area contributed by atoms with Crippen LogP contribution in [0.3, 0.4) is 0 Å². The van der Waals surface area contributed by atoms with Crippen molar-refractivity contribution in [2.24, 2.45) is 17.8 Å². The number of aromatic nitrogens is 1. The van der Waals surface area contributed by atoms with E-state index in [4.69, 9.17) is 9.72 Å². The molecule has 43 heavy (non-hydrogen) atoms. The maximum Gasteiger partial charge on any atom is 0.339 e. The van der Waals surface area contributed by atoms with E-state index in [1.165, 1.54) is 4.90 Å². The van der Waals surface area contributed by atoms with Gasteiger partial charge in [0.25, 0.3) is 0 Å². The summed E-state index contributed by atoms with van der Waals surface area (Å²) >= 11 is 0. The number of rotatable bonds is 7. The molecule has 2 aliphatic rings. The SMILES string of the molecule is CCC(OC(=O)c1cc(-c2ccc(N3C(=O)C4CC=CC(C)C4C3=O)cc2)nc2c(C)cccc12)C(=O)c1ccccc1. The third kappa shape index (κ3) is 5.05. The molecule has 0 spiro atoms. The Morgan fingerprint density at radius 1 is 0.977 bits per heavy atom. The number of ketones is 1. The Bertz CT molecular complexity index is 1780. The molecule has 4 atom stereocenters. The zero-order chi connectivity index (χ0) is 30.2. The van der Waals surface area contributed by atoms with Gasteiger partial charge in [-0.15, -0.1) is 0 Å². The zero-order valence-corrected chi connectivity index (χ0v) is 24.3. The number of ether oxygens (including phenoxy) is 1. The first-order valence-electron chi connectivity index (χ1n) is 14.6. The fraction of sp³-hybridized carbons (Fsp3) is 0.250. The molecule has 0 saturated carbocycles. The number of hydrogen-bond acceptors (Lipinski definition) is 6. The van der Waals surface area contributed by atoms with Crippen LogP contribution in [0.25, 0.3) is 22.2 Å². The van der Waals surface area contributed by atoms with Crippen LogP contribution in [0.1, 0.15) is 53.0 Å². The van der Waals surface area contributed by atoms with E-state index in [0.29, 0.717) is 51.8 Å². The second-order valence-electron chi connectivity index (χ2n) is 11.3. The summed E-state index contributed by atoms with van der Waals surface area (Å²) < 4.78 is 5.80. The average Bonchev–Trinajstić information content (AvgIpc) is 3.29. The molecule has 4 aromatic rings. The number of anilines is 1. The molecule has 1 saturated heterocycles. The Hall–Kier alpha value is -4.91. The highest BCUT2D eigenvalue weighted by Crippen LogP contribution is 2.41. The number of amides is 2. The molecule has 0 radical (unpaired) electrons. The maximum absolute atomic E-state index is 13.6. The number of aryl methyl sites for hydroxylation is 1. The number of esters is 1. The van der Waals surface area contributed by atoms with E-state index in [0.717, 1.165) is 5.56 Å². The van der Waals surface area contributed by atoms with Crippen LogP contribution in [0.15, 0.2) is 91.0 Å². The summed E-state index contributed by atoms with van der Waals surface area (Å²) in [7, 11) is 0. The molecule has 7 heteroatoms. The molecule has 7 nitrogen and oxygen atoms in total. The van der Waals surface area contributed by atoms with Crippen LogP contribution < -0.4 is 4.90 Å². The number of imide groups is 1. The van der Waals surface area contributed by atoms with Gasteiger partial charge in [-0.25, -0.2) is 9.78 Å². The smallest absolute Gasteiger partial charge is 0.339 e. The first-order chi connectivity index (χ1) is 20.8. The highest BCUT2D eigenvalue weighted by atomic mass is 16.5. The van der Waals surface area contributed by atoms with Crippen LogP contribution in [0.2, 0.25) is 0 Å². The number of Topliss-reactive ketones (excluding diaryl/α,β-unsaturated/α-hetero) is 1. The highest BCUT2D eigenvalue weighted by molar-refractivity contribution is 6.22. The standard InChI is InChI=1S/C36H32N2O5/c1-4-30(33(39)24-12-6-5-7-13-24)43-36(42)28-20-29(37-32-22(3)11-9-14-26(28)32)23-16-18-25(19-17-23)38-34(40)27-15-8-10-21(2)31(27)35(38)41/h5-14,16-21,27,30-31H,4,15H2,1-3H3. The average molecular weight is 573 g/mol. The minimum atomic E-state index is -0.928. The minimum absolute atomic E-state index is 0.0120. The monoisotopic (exact) mass is 572 g/mol. The van der Waals surface area contributed by atoms with Crippen molar-refractivity contribution in [3.05, 3.63) is 108 Å². The summed E-state index contributed by atoms with van der Waals surface area (Å²) in [6.45, 7) is 5.70. The zero-order valence-electron chi connectivity index (χ0n) is 24.3. The lowest BCUT2D eigenvalue weighted by Gasteiger charge is -2.22. The Balaban J connectivity index is 1.32. The van der Waals surface area contributed by atoms with Gasteiger partial charge >= 0.3 is 5.97 Å². The topological polar surface area (TPSA) is 93.6 Å². The van der Waals surface area contributed by atoms with E-state index >= 15 is 0 Å².